The molecule has 8 nitrogen and oxygen atoms in total. The van der Waals surface area contributed by atoms with Crippen LogP contribution in [0.4, 0.5) is 0 Å². The average molecular weight is 398 g/mol. The summed E-state index contributed by atoms with van der Waals surface area (Å²) >= 11 is 0. The van der Waals surface area contributed by atoms with Gasteiger partial charge in [-0.25, -0.2) is 4.98 Å². The topological polar surface area (TPSA) is 93.5 Å². The summed E-state index contributed by atoms with van der Waals surface area (Å²) in [6.07, 6.45) is 5.29. The molecular weight excluding hydrogens is 372 g/mol. The molecule has 3 aromatic rings. The summed E-state index contributed by atoms with van der Waals surface area (Å²) in [5.74, 6) is 1.58. The highest BCUT2D eigenvalue weighted by Crippen LogP contribution is 2.27. The molecule has 0 aromatic carbocycles. The standard InChI is InChI=1S/C21H26N4O4/c1-13-6-8-25(9-7-13)15(16-5-4-10-28-16)11-22-19(26)17-14(2)29-20-18(17)21(27)24(3)12-23-20/h4-5,10,12-13,15H,6-9,11H2,1-3H3,(H,22,26). The first kappa shape index (κ1) is 19.4. The van der Waals surface area contributed by atoms with E-state index in [1.54, 1.807) is 20.2 Å². The second-order valence-electron chi connectivity index (χ2n) is 7.83. The van der Waals surface area contributed by atoms with Gasteiger partial charge >= 0.3 is 0 Å². The lowest BCUT2D eigenvalue weighted by molar-refractivity contribution is 0.0895. The van der Waals surface area contributed by atoms with Crippen LogP contribution in [0.1, 0.15) is 47.7 Å². The molecule has 1 aliphatic rings. The van der Waals surface area contributed by atoms with E-state index in [4.69, 9.17) is 8.83 Å². The quantitative estimate of drug-likeness (QED) is 0.710. The van der Waals surface area contributed by atoms with Crippen molar-refractivity contribution in [2.75, 3.05) is 19.6 Å². The predicted molar refractivity (Wildman–Crippen MR) is 108 cm³/mol. The van der Waals surface area contributed by atoms with Gasteiger partial charge < -0.3 is 18.7 Å². The Hall–Kier alpha value is -2.87. The van der Waals surface area contributed by atoms with Crippen LogP contribution in [0.15, 0.2) is 38.4 Å². The molecule has 3 aromatic heterocycles. The van der Waals surface area contributed by atoms with Crippen molar-refractivity contribution in [1.29, 1.82) is 0 Å². The van der Waals surface area contributed by atoms with Gasteiger partial charge in [0.2, 0.25) is 5.71 Å². The summed E-state index contributed by atoms with van der Waals surface area (Å²) < 4.78 is 12.5. The van der Waals surface area contributed by atoms with Crippen LogP contribution in [-0.4, -0.2) is 40.0 Å². The van der Waals surface area contributed by atoms with Crippen LogP contribution in [0.2, 0.25) is 0 Å². The number of rotatable bonds is 5. The maximum Gasteiger partial charge on any atom is 0.265 e. The van der Waals surface area contributed by atoms with E-state index in [9.17, 15) is 9.59 Å². The molecule has 4 heterocycles. The highest BCUT2D eigenvalue weighted by atomic mass is 16.3. The van der Waals surface area contributed by atoms with Crippen molar-refractivity contribution >= 4 is 17.0 Å². The minimum atomic E-state index is -0.340. The zero-order valence-corrected chi connectivity index (χ0v) is 17.0. The Morgan fingerprint density at radius 2 is 2.14 bits per heavy atom. The third kappa shape index (κ3) is 3.72. The van der Waals surface area contributed by atoms with Crippen LogP contribution in [0.25, 0.3) is 11.1 Å². The largest absolute Gasteiger partial charge is 0.468 e. The van der Waals surface area contributed by atoms with E-state index in [2.05, 4.69) is 22.1 Å². The van der Waals surface area contributed by atoms with Gasteiger partial charge in [-0.1, -0.05) is 6.92 Å². The molecule has 154 valence electrons. The van der Waals surface area contributed by atoms with Crippen molar-refractivity contribution in [3.05, 3.63) is 52.2 Å². The number of likely N-dealkylation sites (tertiary alicyclic amines) is 1. The van der Waals surface area contributed by atoms with Gasteiger partial charge in [0.1, 0.15) is 23.2 Å². The zero-order chi connectivity index (χ0) is 20.5. The number of aryl methyl sites for hydroxylation is 2. The monoisotopic (exact) mass is 398 g/mol. The maximum atomic E-state index is 13.0. The fourth-order valence-corrected chi connectivity index (χ4v) is 3.97. The third-order valence-electron chi connectivity index (χ3n) is 5.76. The summed E-state index contributed by atoms with van der Waals surface area (Å²) in [6.45, 7) is 6.24. The smallest absolute Gasteiger partial charge is 0.265 e. The van der Waals surface area contributed by atoms with E-state index < -0.39 is 0 Å². The maximum absolute atomic E-state index is 13.0. The van der Waals surface area contributed by atoms with Gasteiger partial charge in [-0.05, 0) is 50.9 Å². The minimum Gasteiger partial charge on any atom is -0.468 e. The van der Waals surface area contributed by atoms with Gasteiger partial charge in [0, 0.05) is 13.6 Å². The van der Waals surface area contributed by atoms with Crippen LogP contribution >= 0.6 is 0 Å². The molecular formula is C21H26N4O4. The fourth-order valence-electron chi connectivity index (χ4n) is 3.97. The molecule has 1 N–H and O–H groups in total. The Labute approximate surface area is 168 Å². The second-order valence-corrected chi connectivity index (χ2v) is 7.83. The molecule has 0 aliphatic carbocycles. The van der Waals surface area contributed by atoms with Crippen molar-refractivity contribution in [3.8, 4) is 0 Å². The SMILES string of the molecule is Cc1oc2ncn(C)c(=O)c2c1C(=O)NCC(c1ccco1)N1CCC(C)CC1. The highest BCUT2D eigenvalue weighted by Gasteiger charge is 2.28. The van der Waals surface area contributed by atoms with Crippen molar-refractivity contribution < 1.29 is 13.6 Å². The van der Waals surface area contributed by atoms with Gasteiger partial charge in [0.15, 0.2) is 0 Å². The summed E-state index contributed by atoms with van der Waals surface area (Å²) in [7, 11) is 1.60. The van der Waals surface area contributed by atoms with Crippen molar-refractivity contribution in [3.63, 3.8) is 0 Å². The van der Waals surface area contributed by atoms with Crippen LogP contribution in [0.5, 0.6) is 0 Å². The Balaban J connectivity index is 1.58. The fraction of sp³-hybridized carbons (Fsp3) is 0.476. The highest BCUT2D eigenvalue weighted by molar-refractivity contribution is 6.06. The zero-order valence-electron chi connectivity index (χ0n) is 17.0. The first-order valence-electron chi connectivity index (χ1n) is 9.96. The molecule has 1 atom stereocenters. The molecule has 1 unspecified atom stereocenters. The Morgan fingerprint density at radius 3 is 2.83 bits per heavy atom. The second kappa shape index (κ2) is 7.87. The summed E-state index contributed by atoms with van der Waals surface area (Å²) in [6, 6.07) is 3.74. The van der Waals surface area contributed by atoms with Gasteiger partial charge in [0.05, 0.1) is 17.9 Å². The van der Waals surface area contributed by atoms with Gasteiger partial charge in [-0.2, -0.15) is 0 Å². The molecule has 1 amide bonds. The summed E-state index contributed by atoms with van der Waals surface area (Å²) in [5, 5.41) is 3.20. The molecule has 1 fully saturated rings. The normalized spacial score (nSPS) is 16.9. The van der Waals surface area contributed by atoms with E-state index >= 15 is 0 Å². The lowest BCUT2D eigenvalue weighted by atomic mass is 9.97. The molecule has 4 rings (SSSR count). The molecule has 29 heavy (non-hydrogen) atoms. The van der Waals surface area contributed by atoms with Gasteiger partial charge in [-0.15, -0.1) is 0 Å². The number of fused-ring (bicyclic) bond motifs is 1. The lowest BCUT2D eigenvalue weighted by Crippen LogP contribution is -2.42. The molecule has 0 spiro atoms. The molecule has 0 radical (unpaired) electrons. The average Bonchev–Trinajstić information content (AvgIpc) is 3.34. The Bertz CT molecular complexity index is 1060. The Kier molecular flexibility index (Phi) is 5.27. The molecule has 8 heteroatoms. The van der Waals surface area contributed by atoms with E-state index in [0.717, 1.165) is 31.7 Å². The number of hydrogen-bond donors (Lipinski definition) is 1. The predicted octanol–water partition coefficient (Wildman–Crippen LogP) is 2.63. The molecule has 1 aliphatic heterocycles. The van der Waals surface area contributed by atoms with Gasteiger partial charge in [0.25, 0.3) is 11.5 Å². The first-order valence-corrected chi connectivity index (χ1v) is 9.96. The van der Waals surface area contributed by atoms with Crippen LogP contribution in [-0.2, 0) is 7.05 Å². The van der Waals surface area contributed by atoms with Crippen LogP contribution in [0, 0.1) is 12.8 Å². The minimum absolute atomic E-state index is 0.0547. The summed E-state index contributed by atoms with van der Waals surface area (Å²) in [5.41, 5.74) is 0.132. The number of amides is 1. The number of carbonyl (C=O) groups is 1. The van der Waals surface area contributed by atoms with E-state index in [1.165, 1.54) is 10.9 Å². The number of hydrogen-bond acceptors (Lipinski definition) is 6. The number of furan rings is 2. The number of piperidine rings is 1. The van der Waals surface area contributed by atoms with Crippen LogP contribution in [0.3, 0.4) is 0 Å². The van der Waals surface area contributed by atoms with E-state index in [0.29, 0.717) is 18.2 Å². The van der Waals surface area contributed by atoms with Crippen LogP contribution < -0.4 is 10.9 Å². The summed E-state index contributed by atoms with van der Waals surface area (Å²) in [4.78, 5) is 32.0. The molecule has 1 saturated heterocycles. The number of aromatic nitrogens is 2. The number of carbonyl (C=O) groups excluding carboxylic acids is 1. The van der Waals surface area contributed by atoms with E-state index in [1.807, 2.05) is 12.1 Å². The van der Waals surface area contributed by atoms with Crippen molar-refractivity contribution in [2.24, 2.45) is 13.0 Å². The lowest BCUT2D eigenvalue weighted by Gasteiger charge is -2.35. The van der Waals surface area contributed by atoms with Crippen molar-refractivity contribution in [2.45, 2.75) is 32.7 Å². The Morgan fingerprint density at radius 1 is 1.38 bits per heavy atom. The van der Waals surface area contributed by atoms with E-state index in [-0.39, 0.29) is 34.2 Å². The molecule has 0 saturated carbocycles. The first-order chi connectivity index (χ1) is 14.0. The number of nitrogens with one attached hydrogen (secondary N) is 1. The van der Waals surface area contributed by atoms with Crippen molar-refractivity contribution in [1.82, 2.24) is 19.8 Å². The third-order valence-corrected chi connectivity index (χ3v) is 5.76. The number of nitrogens with zero attached hydrogens (tertiary/aromatic N) is 3. The molecule has 0 bridgehead atoms. The van der Waals surface area contributed by atoms with Gasteiger partial charge in [-0.3, -0.25) is 14.5 Å².